The average molecular weight is 154 g/mol. The van der Waals surface area contributed by atoms with Crippen LogP contribution in [0, 0.1) is 0 Å². The predicted octanol–water partition coefficient (Wildman–Crippen LogP) is -0.0568. The van der Waals surface area contributed by atoms with Gasteiger partial charge in [0, 0.05) is 0 Å². The van der Waals surface area contributed by atoms with Crippen LogP contribution in [-0.4, -0.2) is 16.8 Å². The molecule has 0 bridgehead atoms. The maximum Gasteiger partial charge on any atom is 0.274 e. The Balaban J connectivity index is 2.99. The average Bonchev–Trinajstić information content (AvgIpc) is 2.40. The lowest BCUT2D eigenvalue weighted by Gasteiger charge is -1.91. The molecule has 1 aromatic heterocycles. The van der Waals surface area contributed by atoms with Gasteiger partial charge in [0.15, 0.2) is 5.76 Å². The van der Waals surface area contributed by atoms with Gasteiger partial charge in [-0.25, -0.2) is 0 Å². The van der Waals surface area contributed by atoms with Gasteiger partial charge in [-0.1, -0.05) is 5.16 Å². The fraction of sp³-hybridized carbons (Fsp3) is 0. The van der Waals surface area contributed by atoms with Gasteiger partial charge < -0.3 is 15.4 Å². The molecule has 0 radical (unpaired) electrons. The maximum absolute atomic E-state index is 10.5. The fourth-order valence-electron chi connectivity index (χ4n) is 0.633. The fourth-order valence-corrected chi connectivity index (χ4v) is 0.633. The molecule has 0 fully saturated rings. The zero-order chi connectivity index (χ0) is 8.27. The molecule has 5 heteroatoms. The number of primary amides is 1. The minimum absolute atomic E-state index is 0.153. The summed E-state index contributed by atoms with van der Waals surface area (Å²) in [5.41, 5.74) is 4.57. The monoisotopic (exact) mass is 154 g/mol. The van der Waals surface area contributed by atoms with Gasteiger partial charge in [0.1, 0.15) is 0 Å². The lowest BCUT2D eigenvalue weighted by molar-refractivity contribution is -0.112. The van der Waals surface area contributed by atoms with Gasteiger partial charge in [0.2, 0.25) is 5.71 Å². The Kier molecular flexibility index (Phi) is 1.91. The molecule has 5 nitrogen and oxygen atoms in total. The minimum Gasteiger partial charge on any atom is -0.462 e. The summed E-state index contributed by atoms with van der Waals surface area (Å²) >= 11 is 0. The van der Waals surface area contributed by atoms with Gasteiger partial charge in [0.05, 0.1) is 6.26 Å². The maximum atomic E-state index is 10.5. The third kappa shape index (κ3) is 1.37. The van der Waals surface area contributed by atoms with Gasteiger partial charge in [-0.05, 0) is 12.1 Å². The van der Waals surface area contributed by atoms with Gasteiger partial charge >= 0.3 is 0 Å². The summed E-state index contributed by atoms with van der Waals surface area (Å²) in [4.78, 5) is 10.5. The number of carbonyl (C=O) groups is 1. The molecule has 1 rings (SSSR count). The highest BCUT2D eigenvalue weighted by Gasteiger charge is 2.12. The van der Waals surface area contributed by atoms with Crippen LogP contribution in [0.2, 0.25) is 0 Å². The molecule has 0 aliphatic carbocycles. The molecule has 1 amide bonds. The Hall–Kier alpha value is -1.78. The zero-order valence-electron chi connectivity index (χ0n) is 5.52. The van der Waals surface area contributed by atoms with Crippen LogP contribution in [0.3, 0.4) is 0 Å². The lowest BCUT2D eigenvalue weighted by Crippen LogP contribution is -2.23. The molecular weight excluding hydrogens is 148 g/mol. The van der Waals surface area contributed by atoms with Crippen molar-refractivity contribution in [2.24, 2.45) is 10.9 Å². The normalized spacial score (nSPS) is 11.5. The van der Waals surface area contributed by atoms with Gasteiger partial charge in [0.25, 0.3) is 5.91 Å². The first kappa shape index (κ1) is 7.33. The second-order valence-electron chi connectivity index (χ2n) is 1.79. The van der Waals surface area contributed by atoms with Crippen molar-refractivity contribution in [3.8, 4) is 0 Å². The molecule has 58 valence electrons. The summed E-state index contributed by atoms with van der Waals surface area (Å²) in [5.74, 6) is -0.678. The van der Waals surface area contributed by atoms with E-state index in [1.165, 1.54) is 12.3 Å². The van der Waals surface area contributed by atoms with Crippen LogP contribution in [0.15, 0.2) is 28.0 Å². The number of carbonyl (C=O) groups excluding carboxylic acids is 1. The first-order chi connectivity index (χ1) is 5.25. The van der Waals surface area contributed by atoms with Crippen molar-refractivity contribution >= 4 is 11.6 Å². The Morgan fingerprint density at radius 3 is 2.82 bits per heavy atom. The summed E-state index contributed by atoms with van der Waals surface area (Å²) in [7, 11) is 0. The van der Waals surface area contributed by atoms with Crippen molar-refractivity contribution in [3.05, 3.63) is 24.2 Å². The number of hydrogen-bond acceptors (Lipinski definition) is 4. The molecule has 3 N–H and O–H groups in total. The number of furan rings is 1. The summed E-state index contributed by atoms with van der Waals surface area (Å²) in [6.45, 7) is 0. The van der Waals surface area contributed by atoms with Crippen LogP contribution in [0.5, 0.6) is 0 Å². The molecular formula is C6H6N2O3. The molecule has 0 unspecified atom stereocenters. The number of oxime groups is 1. The quantitative estimate of drug-likeness (QED) is 0.355. The van der Waals surface area contributed by atoms with E-state index in [9.17, 15) is 4.79 Å². The standard InChI is InChI=1S/C6H6N2O3/c7-6(9)5(8-10)4-2-1-3-11-4/h1-3,10H,(H2,7,9). The Bertz CT molecular complexity index is 276. The Labute approximate surface area is 62.1 Å². The van der Waals surface area contributed by atoms with E-state index in [-0.39, 0.29) is 11.5 Å². The lowest BCUT2D eigenvalue weighted by atomic mass is 10.3. The van der Waals surface area contributed by atoms with E-state index >= 15 is 0 Å². The zero-order valence-corrected chi connectivity index (χ0v) is 5.52. The number of nitrogens with zero attached hydrogens (tertiary/aromatic N) is 1. The van der Waals surface area contributed by atoms with Crippen LogP contribution in [0.25, 0.3) is 0 Å². The molecule has 11 heavy (non-hydrogen) atoms. The van der Waals surface area contributed by atoms with Crippen molar-refractivity contribution < 1.29 is 14.4 Å². The smallest absolute Gasteiger partial charge is 0.274 e. The molecule has 0 saturated heterocycles. The number of hydrogen-bond donors (Lipinski definition) is 2. The molecule has 1 aromatic rings. The minimum atomic E-state index is -0.831. The number of amides is 1. The number of rotatable bonds is 2. The van der Waals surface area contributed by atoms with E-state index in [0.29, 0.717) is 0 Å². The molecule has 0 atom stereocenters. The highest BCUT2D eigenvalue weighted by atomic mass is 16.4. The van der Waals surface area contributed by atoms with E-state index in [4.69, 9.17) is 15.4 Å². The second-order valence-corrected chi connectivity index (χ2v) is 1.79. The van der Waals surface area contributed by atoms with Gasteiger partial charge in [-0.15, -0.1) is 0 Å². The topological polar surface area (TPSA) is 88.8 Å². The molecule has 0 saturated carbocycles. The van der Waals surface area contributed by atoms with Gasteiger partial charge in [-0.2, -0.15) is 0 Å². The SMILES string of the molecule is NC(=O)C(=NO)c1ccco1. The second kappa shape index (κ2) is 2.87. The third-order valence-corrected chi connectivity index (χ3v) is 1.09. The van der Waals surface area contributed by atoms with Crippen LogP contribution in [0.4, 0.5) is 0 Å². The highest BCUT2D eigenvalue weighted by molar-refractivity contribution is 6.43. The molecule has 1 heterocycles. The largest absolute Gasteiger partial charge is 0.462 e. The van der Waals surface area contributed by atoms with E-state index in [1.807, 2.05) is 0 Å². The van der Waals surface area contributed by atoms with Gasteiger partial charge in [-0.3, -0.25) is 4.79 Å². The van der Waals surface area contributed by atoms with Crippen LogP contribution < -0.4 is 5.73 Å². The predicted molar refractivity (Wildman–Crippen MR) is 36.2 cm³/mol. The summed E-state index contributed by atoms with van der Waals surface area (Å²) in [6, 6.07) is 3.03. The highest BCUT2D eigenvalue weighted by Crippen LogP contribution is 2.01. The molecule has 0 aromatic carbocycles. The molecule has 0 spiro atoms. The van der Waals surface area contributed by atoms with E-state index in [0.717, 1.165) is 0 Å². The first-order valence-corrected chi connectivity index (χ1v) is 2.81. The first-order valence-electron chi connectivity index (χ1n) is 2.81. The van der Waals surface area contributed by atoms with Crippen molar-refractivity contribution in [2.75, 3.05) is 0 Å². The number of nitrogens with two attached hydrogens (primary N) is 1. The van der Waals surface area contributed by atoms with Crippen LogP contribution >= 0.6 is 0 Å². The Morgan fingerprint density at radius 1 is 1.73 bits per heavy atom. The van der Waals surface area contributed by atoms with Crippen molar-refractivity contribution in [3.63, 3.8) is 0 Å². The van der Waals surface area contributed by atoms with E-state index in [2.05, 4.69) is 5.16 Å². The summed E-state index contributed by atoms with van der Waals surface area (Å²) in [6.07, 6.45) is 1.35. The van der Waals surface area contributed by atoms with Crippen LogP contribution in [-0.2, 0) is 4.79 Å². The third-order valence-electron chi connectivity index (χ3n) is 1.09. The van der Waals surface area contributed by atoms with Crippen molar-refractivity contribution in [2.45, 2.75) is 0 Å². The van der Waals surface area contributed by atoms with Crippen molar-refractivity contribution in [1.29, 1.82) is 0 Å². The molecule has 0 aliphatic rings. The van der Waals surface area contributed by atoms with Crippen LogP contribution in [0.1, 0.15) is 5.76 Å². The molecule has 0 aliphatic heterocycles. The van der Waals surface area contributed by atoms with E-state index < -0.39 is 5.91 Å². The summed E-state index contributed by atoms with van der Waals surface area (Å²) in [5, 5.41) is 11.0. The van der Waals surface area contributed by atoms with E-state index in [1.54, 1.807) is 6.07 Å². The Morgan fingerprint density at radius 2 is 2.45 bits per heavy atom. The summed E-state index contributed by atoms with van der Waals surface area (Å²) < 4.78 is 4.76. The van der Waals surface area contributed by atoms with Crippen molar-refractivity contribution in [1.82, 2.24) is 0 Å².